The highest BCUT2D eigenvalue weighted by Crippen LogP contribution is 2.26. The Hall–Kier alpha value is -2.73. The molecular formula is C22H22F2N2O2. The number of fused-ring (bicyclic) bond motifs is 1. The van der Waals surface area contributed by atoms with Gasteiger partial charge in [-0.1, -0.05) is 18.2 Å². The number of carbonyl (C=O) groups is 1. The van der Waals surface area contributed by atoms with Gasteiger partial charge in [0.2, 0.25) is 5.91 Å². The fraction of sp³-hybridized carbons (Fsp3) is 0.318. The first kappa shape index (κ1) is 18.6. The van der Waals surface area contributed by atoms with Crippen LogP contribution in [0.5, 0.6) is 5.75 Å². The first-order valence-electron chi connectivity index (χ1n) is 9.48. The number of nitrogens with zero attached hydrogens (tertiary/aromatic N) is 2. The van der Waals surface area contributed by atoms with Gasteiger partial charge in [0.05, 0.1) is 6.61 Å². The van der Waals surface area contributed by atoms with Gasteiger partial charge in [-0.2, -0.15) is 0 Å². The third-order valence-corrected chi connectivity index (χ3v) is 5.24. The van der Waals surface area contributed by atoms with Crippen molar-refractivity contribution < 1.29 is 18.3 Å². The molecule has 4 nitrogen and oxygen atoms in total. The van der Waals surface area contributed by atoms with Crippen LogP contribution in [0.3, 0.4) is 0 Å². The van der Waals surface area contributed by atoms with Gasteiger partial charge in [0, 0.05) is 50.8 Å². The average Bonchev–Trinajstić information content (AvgIpc) is 3.16. The molecule has 0 radical (unpaired) electrons. The lowest BCUT2D eigenvalue weighted by molar-refractivity contribution is -0.127. The SMILES string of the molecule is O=C(/C=C\c1c(F)cccc1F)N1CCN(Cc2ccc3c(c2)CCO3)CC1. The van der Waals surface area contributed by atoms with E-state index in [4.69, 9.17) is 4.74 Å². The van der Waals surface area contributed by atoms with E-state index in [0.717, 1.165) is 38.4 Å². The number of hydrogen-bond acceptors (Lipinski definition) is 3. The maximum atomic E-state index is 13.7. The molecule has 0 atom stereocenters. The first-order chi connectivity index (χ1) is 13.6. The van der Waals surface area contributed by atoms with Gasteiger partial charge in [-0.15, -0.1) is 0 Å². The van der Waals surface area contributed by atoms with Crippen molar-refractivity contribution in [2.45, 2.75) is 13.0 Å². The van der Waals surface area contributed by atoms with Crippen LogP contribution in [-0.4, -0.2) is 48.5 Å². The van der Waals surface area contributed by atoms with Crippen LogP contribution in [0.25, 0.3) is 6.08 Å². The van der Waals surface area contributed by atoms with Crippen molar-refractivity contribution in [1.29, 1.82) is 0 Å². The fourth-order valence-electron chi connectivity index (χ4n) is 3.65. The number of rotatable bonds is 4. The Morgan fingerprint density at radius 2 is 1.82 bits per heavy atom. The van der Waals surface area contributed by atoms with Crippen LogP contribution in [0.15, 0.2) is 42.5 Å². The number of amides is 1. The summed E-state index contributed by atoms with van der Waals surface area (Å²) >= 11 is 0. The summed E-state index contributed by atoms with van der Waals surface area (Å²) in [4.78, 5) is 16.4. The summed E-state index contributed by atoms with van der Waals surface area (Å²) in [5.74, 6) is -0.587. The minimum atomic E-state index is -0.673. The Balaban J connectivity index is 1.31. The number of carbonyl (C=O) groups excluding carboxylic acids is 1. The molecule has 0 saturated carbocycles. The minimum Gasteiger partial charge on any atom is -0.493 e. The summed E-state index contributed by atoms with van der Waals surface area (Å²) in [6.07, 6.45) is 3.42. The van der Waals surface area contributed by atoms with Gasteiger partial charge < -0.3 is 9.64 Å². The molecule has 2 aliphatic rings. The van der Waals surface area contributed by atoms with Gasteiger partial charge in [-0.3, -0.25) is 9.69 Å². The molecule has 1 saturated heterocycles. The molecule has 2 heterocycles. The Kier molecular flexibility index (Phi) is 5.39. The van der Waals surface area contributed by atoms with E-state index in [-0.39, 0.29) is 11.5 Å². The smallest absolute Gasteiger partial charge is 0.246 e. The van der Waals surface area contributed by atoms with E-state index >= 15 is 0 Å². The lowest BCUT2D eigenvalue weighted by Gasteiger charge is -2.34. The van der Waals surface area contributed by atoms with E-state index < -0.39 is 11.6 Å². The van der Waals surface area contributed by atoms with E-state index in [1.165, 1.54) is 41.5 Å². The van der Waals surface area contributed by atoms with Crippen molar-refractivity contribution in [2.75, 3.05) is 32.8 Å². The molecule has 28 heavy (non-hydrogen) atoms. The molecule has 4 rings (SSSR count). The van der Waals surface area contributed by atoms with Crippen molar-refractivity contribution in [2.24, 2.45) is 0 Å². The van der Waals surface area contributed by atoms with Gasteiger partial charge in [0.1, 0.15) is 17.4 Å². The van der Waals surface area contributed by atoms with Crippen LogP contribution in [0, 0.1) is 11.6 Å². The highest BCUT2D eigenvalue weighted by atomic mass is 19.1. The molecule has 2 aromatic rings. The highest BCUT2D eigenvalue weighted by Gasteiger charge is 2.20. The molecule has 2 aromatic carbocycles. The molecule has 1 amide bonds. The maximum Gasteiger partial charge on any atom is 0.246 e. The molecule has 1 fully saturated rings. The van der Waals surface area contributed by atoms with Crippen molar-refractivity contribution in [3.05, 3.63) is 70.8 Å². The standard InChI is InChI=1S/C22H22F2N2O2/c23-19-2-1-3-20(24)18(19)5-7-22(27)26-11-9-25(10-12-26)15-16-4-6-21-17(14-16)8-13-28-21/h1-7,14H,8-13,15H2/b7-5-. The van der Waals surface area contributed by atoms with E-state index in [1.54, 1.807) is 4.90 Å². The predicted octanol–water partition coefficient (Wildman–Crippen LogP) is 3.26. The normalized spacial score (nSPS) is 17.0. The molecule has 146 valence electrons. The van der Waals surface area contributed by atoms with Crippen molar-refractivity contribution in [3.63, 3.8) is 0 Å². The second kappa shape index (κ2) is 8.10. The van der Waals surface area contributed by atoms with E-state index in [1.807, 2.05) is 6.07 Å². The molecular weight excluding hydrogens is 362 g/mol. The van der Waals surface area contributed by atoms with Crippen LogP contribution in [-0.2, 0) is 17.8 Å². The highest BCUT2D eigenvalue weighted by molar-refractivity contribution is 5.91. The quantitative estimate of drug-likeness (QED) is 0.759. The van der Waals surface area contributed by atoms with Crippen molar-refractivity contribution in [1.82, 2.24) is 9.80 Å². The fourth-order valence-corrected chi connectivity index (χ4v) is 3.65. The second-order valence-electron chi connectivity index (χ2n) is 7.11. The lowest BCUT2D eigenvalue weighted by Crippen LogP contribution is -2.47. The number of hydrogen-bond donors (Lipinski definition) is 0. The Morgan fingerprint density at radius 1 is 1.07 bits per heavy atom. The minimum absolute atomic E-state index is 0.185. The summed E-state index contributed by atoms with van der Waals surface area (Å²) in [6.45, 7) is 4.31. The van der Waals surface area contributed by atoms with Gasteiger partial charge >= 0.3 is 0 Å². The summed E-state index contributed by atoms with van der Waals surface area (Å²) in [6, 6.07) is 9.98. The molecule has 0 bridgehead atoms. The molecule has 2 aliphatic heterocycles. The third kappa shape index (κ3) is 4.07. The molecule has 6 heteroatoms. The van der Waals surface area contributed by atoms with Crippen LogP contribution in [0.4, 0.5) is 8.78 Å². The van der Waals surface area contributed by atoms with Crippen LogP contribution < -0.4 is 4.74 Å². The Bertz CT molecular complexity index is 885. The van der Waals surface area contributed by atoms with Crippen molar-refractivity contribution in [3.8, 4) is 5.75 Å². The largest absolute Gasteiger partial charge is 0.493 e. The van der Waals surface area contributed by atoms with Crippen LogP contribution in [0.2, 0.25) is 0 Å². The monoisotopic (exact) mass is 384 g/mol. The Morgan fingerprint density at radius 3 is 2.57 bits per heavy atom. The first-order valence-corrected chi connectivity index (χ1v) is 9.48. The zero-order chi connectivity index (χ0) is 19.5. The summed E-state index contributed by atoms with van der Waals surface area (Å²) in [7, 11) is 0. The van der Waals surface area contributed by atoms with E-state index in [9.17, 15) is 13.6 Å². The molecule has 0 aromatic heterocycles. The van der Waals surface area contributed by atoms with Crippen LogP contribution >= 0.6 is 0 Å². The lowest BCUT2D eigenvalue weighted by atomic mass is 10.1. The maximum absolute atomic E-state index is 13.7. The topological polar surface area (TPSA) is 32.8 Å². The zero-order valence-electron chi connectivity index (χ0n) is 15.5. The van der Waals surface area contributed by atoms with Crippen molar-refractivity contribution >= 4 is 12.0 Å². The number of piperazine rings is 1. The van der Waals surface area contributed by atoms with Crippen LogP contribution in [0.1, 0.15) is 16.7 Å². The predicted molar refractivity (Wildman–Crippen MR) is 103 cm³/mol. The summed E-state index contributed by atoms with van der Waals surface area (Å²) in [5.41, 5.74) is 2.32. The summed E-state index contributed by atoms with van der Waals surface area (Å²) < 4.78 is 32.8. The Labute approximate surface area is 163 Å². The summed E-state index contributed by atoms with van der Waals surface area (Å²) in [5, 5.41) is 0. The molecule has 0 N–H and O–H groups in total. The van der Waals surface area contributed by atoms with Gasteiger partial charge in [-0.05, 0) is 35.4 Å². The molecule has 0 spiro atoms. The van der Waals surface area contributed by atoms with Gasteiger partial charge in [0.15, 0.2) is 0 Å². The van der Waals surface area contributed by atoms with E-state index in [0.29, 0.717) is 13.1 Å². The number of ether oxygens (including phenoxy) is 1. The molecule has 0 unspecified atom stereocenters. The number of halogens is 2. The third-order valence-electron chi connectivity index (χ3n) is 5.24. The average molecular weight is 384 g/mol. The zero-order valence-corrected chi connectivity index (χ0v) is 15.5. The number of benzene rings is 2. The molecule has 0 aliphatic carbocycles. The van der Waals surface area contributed by atoms with Gasteiger partial charge in [0.25, 0.3) is 0 Å². The van der Waals surface area contributed by atoms with E-state index in [2.05, 4.69) is 17.0 Å². The second-order valence-corrected chi connectivity index (χ2v) is 7.11. The van der Waals surface area contributed by atoms with Gasteiger partial charge in [-0.25, -0.2) is 8.78 Å².